The third-order valence-corrected chi connectivity index (χ3v) is 3.74. The molecule has 1 heterocycles. The second kappa shape index (κ2) is 6.39. The van der Waals surface area contributed by atoms with E-state index >= 15 is 0 Å². The fourth-order valence-corrected chi connectivity index (χ4v) is 2.70. The molecule has 0 spiro atoms. The monoisotopic (exact) mass is 252 g/mol. The van der Waals surface area contributed by atoms with Crippen LogP contribution >= 0.6 is 11.6 Å². The van der Waals surface area contributed by atoms with Gasteiger partial charge in [-0.2, -0.15) is 0 Å². The second-order valence-electron chi connectivity index (χ2n) is 5.00. The lowest BCUT2D eigenvalue weighted by molar-refractivity contribution is 0.237. The van der Waals surface area contributed by atoms with E-state index in [2.05, 4.69) is 29.4 Å². The topological polar surface area (TPSA) is 15.3 Å². The molecule has 0 amide bonds. The van der Waals surface area contributed by atoms with Crippen LogP contribution in [0.3, 0.4) is 0 Å². The van der Waals surface area contributed by atoms with Crippen LogP contribution in [0, 0.1) is 5.92 Å². The number of benzene rings is 1. The molecule has 0 unspecified atom stereocenters. The summed E-state index contributed by atoms with van der Waals surface area (Å²) in [5.41, 5.74) is 1.22. The highest BCUT2D eigenvalue weighted by molar-refractivity contribution is 6.31. The summed E-state index contributed by atoms with van der Waals surface area (Å²) in [7, 11) is 2.18. The highest BCUT2D eigenvalue weighted by Gasteiger charge is 2.15. The van der Waals surface area contributed by atoms with Gasteiger partial charge in [0.15, 0.2) is 0 Å². The normalized spacial score (nSPS) is 20.8. The average Bonchev–Trinajstić information content (AvgIpc) is 2.33. The molecule has 1 N–H and O–H groups in total. The maximum atomic E-state index is 6.17. The Labute approximate surface area is 109 Å². The van der Waals surface area contributed by atoms with Gasteiger partial charge in [0, 0.05) is 18.1 Å². The zero-order chi connectivity index (χ0) is 12.1. The lowest BCUT2D eigenvalue weighted by Gasteiger charge is -2.27. The van der Waals surface area contributed by atoms with Crippen LogP contribution in [0.5, 0.6) is 0 Å². The summed E-state index contributed by atoms with van der Waals surface area (Å²) in [4.78, 5) is 2.37. The molecular weight excluding hydrogens is 232 g/mol. The minimum Gasteiger partial charge on any atom is -0.316 e. The predicted molar refractivity (Wildman–Crippen MR) is 73.4 cm³/mol. The molecule has 0 radical (unpaired) electrons. The minimum atomic E-state index is 0.788. The second-order valence-corrected chi connectivity index (χ2v) is 5.41. The van der Waals surface area contributed by atoms with Crippen molar-refractivity contribution in [1.29, 1.82) is 0 Å². The zero-order valence-corrected chi connectivity index (χ0v) is 11.2. The van der Waals surface area contributed by atoms with Gasteiger partial charge in [0.2, 0.25) is 0 Å². The van der Waals surface area contributed by atoms with Crippen molar-refractivity contribution in [3.8, 4) is 0 Å². The molecule has 1 aliphatic heterocycles. The van der Waals surface area contributed by atoms with Gasteiger partial charge in [0.1, 0.15) is 0 Å². The van der Waals surface area contributed by atoms with Crippen LogP contribution in [0.2, 0.25) is 5.02 Å². The first-order valence-corrected chi connectivity index (χ1v) is 6.76. The predicted octanol–water partition coefficient (Wildman–Crippen LogP) is 2.77. The smallest absolute Gasteiger partial charge is 0.0451 e. The molecular formula is C14H21ClN2. The van der Waals surface area contributed by atoms with Crippen molar-refractivity contribution in [3.05, 3.63) is 34.9 Å². The van der Waals surface area contributed by atoms with E-state index in [0.29, 0.717) is 0 Å². The fourth-order valence-electron chi connectivity index (χ4n) is 2.50. The molecule has 1 atom stereocenters. The molecule has 0 bridgehead atoms. The SMILES string of the molecule is CN(Cc1ccccc1Cl)C[C@@H]1CCCNC1. The van der Waals surface area contributed by atoms with E-state index in [-0.39, 0.29) is 0 Å². The lowest BCUT2D eigenvalue weighted by Crippen LogP contribution is -2.36. The average molecular weight is 253 g/mol. The number of halogens is 1. The van der Waals surface area contributed by atoms with Gasteiger partial charge in [-0.25, -0.2) is 0 Å². The van der Waals surface area contributed by atoms with E-state index in [4.69, 9.17) is 11.6 Å². The first-order chi connectivity index (χ1) is 8.25. The van der Waals surface area contributed by atoms with Crippen molar-refractivity contribution in [1.82, 2.24) is 10.2 Å². The summed E-state index contributed by atoms with van der Waals surface area (Å²) in [5.74, 6) is 0.788. The lowest BCUT2D eigenvalue weighted by atomic mass is 9.99. The van der Waals surface area contributed by atoms with Crippen molar-refractivity contribution >= 4 is 11.6 Å². The Morgan fingerprint density at radius 1 is 1.41 bits per heavy atom. The summed E-state index contributed by atoms with van der Waals surface area (Å²) in [6.45, 7) is 4.44. The van der Waals surface area contributed by atoms with Crippen LogP contribution in [-0.4, -0.2) is 31.6 Å². The van der Waals surface area contributed by atoms with Crippen LogP contribution < -0.4 is 5.32 Å². The van der Waals surface area contributed by atoms with Crippen molar-refractivity contribution in [3.63, 3.8) is 0 Å². The summed E-state index contributed by atoms with van der Waals surface area (Å²) in [6, 6.07) is 8.11. The number of hydrogen-bond donors (Lipinski definition) is 1. The number of rotatable bonds is 4. The van der Waals surface area contributed by atoms with Crippen molar-refractivity contribution in [2.24, 2.45) is 5.92 Å². The molecule has 2 rings (SSSR count). The number of piperidine rings is 1. The molecule has 1 aromatic carbocycles. The molecule has 17 heavy (non-hydrogen) atoms. The number of nitrogens with zero attached hydrogens (tertiary/aromatic N) is 1. The van der Waals surface area contributed by atoms with Crippen molar-refractivity contribution in [2.45, 2.75) is 19.4 Å². The molecule has 3 heteroatoms. The van der Waals surface area contributed by atoms with Crippen LogP contribution in [0.25, 0.3) is 0 Å². The van der Waals surface area contributed by atoms with Gasteiger partial charge in [0.05, 0.1) is 0 Å². The Kier molecular flexibility index (Phi) is 4.84. The van der Waals surface area contributed by atoms with Crippen LogP contribution in [0.1, 0.15) is 18.4 Å². The summed E-state index contributed by atoms with van der Waals surface area (Å²) in [5, 5.41) is 4.34. The fraction of sp³-hybridized carbons (Fsp3) is 0.571. The van der Waals surface area contributed by atoms with Crippen molar-refractivity contribution in [2.75, 3.05) is 26.7 Å². The Balaban J connectivity index is 1.84. The Hall–Kier alpha value is -0.570. The molecule has 2 nitrogen and oxygen atoms in total. The first kappa shape index (κ1) is 12.9. The largest absolute Gasteiger partial charge is 0.316 e. The standard InChI is InChI=1S/C14H21ClN2/c1-17(10-12-5-4-8-16-9-12)11-13-6-2-3-7-14(13)15/h2-3,6-7,12,16H,4-5,8-11H2,1H3/t12-/m1/s1. The number of nitrogens with one attached hydrogen (secondary N) is 1. The van der Waals surface area contributed by atoms with Crippen LogP contribution in [0.15, 0.2) is 24.3 Å². The molecule has 94 valence electrons. The highest BCUT2D eigenvalue weighted by Crippen LogP contribution is 2.18. The van der Waals surface area contributed by atoms with Gasteiger partial charge in [-0.05, 0) is 50.5 Å². The summed E-state index contributed by atoms with van der Waals surface area (Å²) in [6.07, 6.45) is 2.66. The van der Waals surface area contributed by atoms with E-state index in [0.717, 1.165) is 30.6 Å². The van der Waals surface area contributed by atoms with E-state index in [1.807, 2.05) is 12.1 Å². The summed E-state index contributed by atoms with van der Waals surface area (Å²) >= 11 is 6.17. The Bertz CT molecular complexity index is 348. The first-order valence-electron chi connectivity index (χ1n) is 6.38. The van der Waals surface area contributed by atoms with E-state index in [1.165, 1.54) is 24.9 Å². The minimum absolute atomic E-state index is 0.788. The van der Waals surface area contributed by atoms with Gasteiger partial charge in [0.25, 0.3) is 0 Å². The molecule has 0 saturated carbocycles. The maximum absolute atomic E-state index is 6.17. The molecule has 1 saturated heterocycles. The van der Waals surface area contributed by atoms with Gasteiger partial charge >= 0.3 is 0 Å². The molecule has 0 aliphatic carbocycles. The number of hydrogen-bond acceptors (Lipinski definition) is 2. The molecule has 0 aromatic heterocycles. The van der Waals surface area contributed by atoms with Gasteiger partial charge in [-0.15, -0.1) is 0 Å². The van der Waals surface area contributed by atoms with E-state index < -0.39 is 0 Å². The molecule has 1 aliphatic rings. The summed E-state index contributed by atoms with van der Waals surface area (Å²) < 4.78 is 0. The van der Waals surface area contributed by atoms with Crippen molar-refractivity contribution < 1.29 is 0 Å². The highest BCUT2D eigenvalue weighted by atomic mass is 35.5. The van der Waals surface area contributed by atoms with E-state index in [1.54, 1.807) is 0 Å². The third kappa shape index (κ3) is 3.98. The third-order valence-electron chi connectivity index (χ3n) is 3.37. The van der Waals surface area contributed by atoms with Gasteiger partial charge in [-0.3, -0.25) is 0 Å². The Morgan fingerprint density at radius 2 is 2.24 bits per heavy atom. The van der Waals surface area contributed by atoms with E-state index in [9.17, 15) is 0 Å². The van der Waals surface area contributed by atoms with Gasteiger partial charge < -0.3 is 10.2 Å². The maximum Gasteiger partial charge on any atom is 0.0451 e. The molecule has 1 fully saturated rings. The zero-order valence-electron chi connectivity index (χ0n) is 10.5. The van der Waals surface area contributed by atoms with Crippen LogP contribution in [-0.2, 0) is 6.54 Å². The quantitative estimate of drug-likeness (QED) is 0.887. The van der Waals surface area contributed by atoms with Crippen LogP contribution in [0.4, 0.5) is 0 Å². The Morgan fingerprint density at radius 3 is 2.94 bits per heavy atom. The van der Waals surface area contributed by atoms with Gasteiger partial charge in [-0.1, -0.05) is 29.8 Å². The molecule has 1 aromatic rings.